The van der Waals surface area contributed by atoms with E-state index < -0.39 is 6.10 Å². The summed E-state index contributed by atoms with van der Waals surface area (Å²) in [6, 6.07) is 9.51. The van der Waals surface area contributed by atoms with Crippen LogP contribution < -0.4 is 0 Å². The fourth-order valence-electron chi connectivity index (χ4n) is 1.43. The number of rotatable bonds is 2. The van der Waals surface area contributed by atoms with E-state index in [4.69, 9.17) is 0 Å². The molecule has 1 aromatic heterocycles. The number of imidazole rings is 1. The first kappa shape index (κ1) is 8.97. The fraction of sp³-hybridized carbons (Fsp3) is 0.182. The quantitative estimate of drug-likeness (QED) is 0.775. The Hall–Kier alpha value is -1.61. The Morgan fingerprint density at radius 2 is 2.00 bits per heavy atom. The van der Waals surface area contributed by atoms with Crippen LogP contribution in [0.15, 0.2) is 42.7 Å². The van der Waals surface area contributed by atoms with E-state index in [2.05, 4.69) is 4.98 Å². The molecule has 0 aliphatic heterocycles. The summed E-state index contributed by atoms with van der Waals surface area (Å²) in [7, 11) is 1.87. The zero-order valence-electron chi connectivity index (χ0n) is 7.96. The minimum Gasteiger partial charge on any atom is -0.380 e. The van der Waals surface area contributed by atoms with E-state index in [9.17, 15) is 5.11 Å². The van der Waals surface area contributed by atoms with Crippen molar-refractivity contribution in [3.8, 4) is 0 Å². The Morgan fingerprint density at radius 1 is 1.29 bits per heavy atom. The van der Waals surface area contributed by atoms with Crippen molar-refractivity contribution in [1.82, 2.24) is 9.55 Å². The molecule has 0 spiro atoms. The van der Waals surface area contributed by atoms with Gasteiger partial charge in [-0.2, -0.15) is 0 Å². The molecule has 3 heteroatoms. The Bertz CT molecular complexity index is 408. The van der Waals surface area contributed by atoms with Crippen LogP contribution in [-0.4, -0.2) is 14.7 Å². The molecule has 72 valence electrons. The lowest BCUT2D eigenvalue weighted by Gasteiger charge is -2.10. The van der Waals surface area contributed by atoms with Gasteiger partial charge in [-0.05, 0) is 5.56 Å². The monoisotopic (exact) mass is 188 g/mol. The molecule has 2 aromatic rings. The number of hydrogen-bond donors (Lipinski definition) is 1. The van der Waals surface area contributed by atoms with Gasteiger partial charge in [0, 0.05) is 19.4 Å². The van der Waals surface area contributed by atoms with Gasteiger partial charge < -0.3 is 9.67 Å². The highest BCUT2D eigenvalue weighted by Gasteiger charge is 2.13. The summed E-state index contributed by atoms with van der Waals surface area (Å²) in [5.41, 5.74) is 0.863. The SMILES string of the molecule is Cn1ccnc1[C@@H](O)c1ccccc1. The molecule has 2 rings (SSSR count). The van der Waals surface area contributed by atoms with Crippen LogP contribution in [0.1, 0.15) is 17.5 Å². The molecule has 3 nitrogen and oxygen atoms in total. The molecule has 0 bridgehead atoms. The summed E-state index contributed by atoms with van der Waals surface area (Å²) >= 11 is 0. The van der Waals surface area contributed by atoms with Gasteiger partial charge >= 0.3 is 0 Å². The van der Waals surface area contributed by atoms with Crippen LogP contribution in [-0.2, 0) is 7.05 Å². The molecule has 14 heavy (non-hydrogen) atoms. The Labute approximate surface area is 82.7 Å². The number of aryl methyl sites for hydroxylation is 1. The van der Waals surface area contributed by atoms with E-state index in [0.717, 1.165) is 5.56 Å². The Balaban J connectivity index is 2.34. The third kappa shape index (κ3) is 1.54. The number of benzene rings is 1. The first-order valence-electron chi connectivity index (χ1n) is 4.49. The average molecular weight is 188 g/mol. The molecule has 0 aliphatic rings. The van der Waals surface area contributed by atoms with E-state index in [1.807, 2.05) is 48.1 Å². The molecule has 0 aliphatic carbocycles. The van der Waals surface area contributed by atoms with Gasteiger partial charge in [-0.25, -0.2) is 4.98 Å². The highest BCUT2D eigenvalue weighted by Crippen LogP contribution is 2.18. The standard InChI is InChI=1S/C11H12N2O/c1-13-8-7-12-11(13)10(14)9-5-3-2-4-6-9/h2-8,10,14H,1H3/t10-/m0/s1. The fourth-order valence-corrected chi connectivity index (χ4v) is 1.43. The molecule has 0 saturated heterocycles. The zero-order valence-corrected chi connectivity index (χ0v) is 7.96. The summed E-state index contributed by atoms with van der Waals surface area (Å²) in [5.74, 6) is 0.663. The molecule has 0 radical (unpaired) electrons. The summed E-state index contributed by atoms with van der Waals surface area (Å²) < 4.78 is 1.82. The van der Waals surface area contributed by atoms with E-state index >= 15 is 0 Å². The zero-order chi connectivity index (χ0) is 9.97. The Kier molecular flexibility index (Phi) is 2.33. The summed E-state index contributed by atoms with van der Waals surface area (Å²) in [5, 5.41) is 9.98. The molecular weight excluding hydrogens is 176 g/mol. The van der Waals surface area contributed by atoms with Gasteiger partial charge in [-0.1, -0.05) is 30.3 Å². The molecule has 1 aromatic carbocycles. The maximum atomic E-state index is 9.98. The molecule has 0 fully saturated rings. The first-order chi connectivity index (χ1) is 6.79. The van der Waals surface area contributed by atoms with E-state index in [-0.39, 0.29) is 0 Å². The molecule has 1 heterocycles. The van der Waals surface area contributed by atoms with Crippen molar-refractivity contribution in [3.05, 3.63) is 54.1 Å². The van der Waals surface area contributed by atoms with E-state index in [0.29, 0.717) is 5.82 Å². The number of aromatic nitrogens is 2. The highest BCUT2D eigenvalue weighted by atomic mass is 16.3. The lowest BCUT2D eigenvalue weighted by atomic mass is 10.1. The van der Waals surface area contributed by atoms with Crippen molar-refractivity contribution >= 4 is 0 Å². The third-order valence-electron chi connectivity index (χ3n) is 2.22. The number of hydrogen-bond acceptors (Lipinski definition) is 2. The maximum Gasteiger partial charge on any atom is 0.142 e. The van der Waals surface area contributed by atoms with Crippen LogP contribution in [0.25, 0.3) is 0 Å². The second-order valence-corrected chi connectivity index (χ2v) is 3.21. The summed E-state index contributed by atoms with van der Waals surface area (Å²) in [4.78, 5) is 4.11. The van der Waals surface area contributed by atoms with E-state index in [1.165, 1.54) is 0 Å². The van der Waals surface area contributed by atoms with Gasteiger partial charge in [-0.3, -0.25) is 0 Å². The largest absolute Gasteiger partial charge is 0.380 e. The topological polar surface area (TPSA) is 38.0 Å². The molecule has 0 unspecified atom stereocenters. The molecule has 0 amide bonds. The van der Waals surface area contributed by atoms with Crippen molar-refractivity contribution in [1.29, 1.82) is 0 Å². The van der Waals surface area contributed by atoms with Crippen molar-refractivity contribution in [2.75, 3.05) is 0 Å². The van der Waals surface area contributed by atoms with Gasteiger partial charge in [0.2, 0.25) is 0 Å². The molecule has 1 atom stereocenters. The maximum absolute atomic E-state index is 9.98. The predicted molar refractivity (Wildman–Crippen MR) is 53.7 cm³/mol. The predicted octanol–water partition coefficient (Wildman–Crippen LogP) is 1.50. The minimum atomic E-state index is -0.642. The van der Waals surface area contributed by atoms with Crippen molar-refractivity contribution in [3.63, 3.8) is 0 Å². The van der Waals surface area contributed by atoms with Crippen LogP contribution >= 0.6 is 0 Å². The second-order valence-electron chi connectivity index (χ2n) is 3.21. The first-order valence-corrected chi connectivity index (χ1v) is 4.49. The van der Waals surface area contributed by atoms with Crippen molar-refractivity contribution in [2.24, 2.45) is 7.05 Å². The highest BCUT2D eigenvalue weighted by molar-refractivity contribution is 5.22. The number of aliphatic hydroxyl groups excluding tert-OH is 1. The third-order valence-corrected chi connectivity index (χ3v) is 2.22. The normalized spacial score (nSPS) is 12.7. The van der Waals surface area contributed by atoms with Gasteiger partial charge in [0.25, 0.3) is 0 Å². The number of nitrogens with zero attached hydrogens (tertiary/aromatic N) is 2. The average Bonchev–Trinajstić information content (AvgIpc) is 2.65. The summed E-state index contributed by atoms with van der Waals surface area (Å²) in [6.07, 6.45) is 2.86. The Morgan fingerprint density at radius 3 is 2.57 bits per heavy atom. The van der Waals surface area contributed by atoms with Crippen molar-refractivity contribution < 1.29 is 5.11 Å². The van der Waals surface area contributed by atoms with Gasteiger partial charge in [0.05, 0.1) is 0 Å². The lowest BCUT2D eigenvalue weighted by molar-refractivity contribution is 0.206. The van der Waals surface area contributed by atoms with E-state index in [1.54, 1.807) is 6.20 Å². The van der Waals surface area contributed by atoms with Crippen LogP contribution in [0.5, 0.6) is 0 Å². The van der Waals surface area contributed by atoms with Gasteiger partial charge in [0.15, 0.2) is 0 Å². The lowest BCUT2D eigenvalue weighted by Crippen LogP contribution is -2.06. The number of aliphatic hydroxyl groups is 1. The van der Waals surface area contributed by atoms with Crippen LogP contribution in [0.4, 0.5) is 0 Å². The molecule has 1 N–H and O–H groups in total. The van der Waals surface area contributed by atoms with Crippen LogP contribution in [0.2, 0.25) is 0 Å². The minimum absolute atomic E-state index is 0.642. The molecule has 0 saturated carbocycles. The smallest absolute Gasteiger partial charge is 0.142 e. The van der Waals surface area contributed by atoms with Crippen LogP contribution in [0, 0.1) is 0 Å². The molecular formula is C11H12N2O. The van der Waals surface area contributed by atoms with Crippen LogP contribution in [0.3, 0.4) is 0 Å². The van der Waals surface area contributed by atoms with Gasteiger partial charge in [-0.15, -0.1) is 0 Å². The summed E-state index contributed by atoms with van der Waals surface area (Å²) in [6.45, 7) is 0. The van der Waals surface area contributed by atoms with Gasteiger partial charge in [0.1, 0.15) is 11.9 Å². The van der Waals surface area contributed by atoms with Crippen molar-refractivity contribution in [2.45, 2.75) is 6.10 Å². The second kappa shape index (κ2) is 3.64.